The van der Waals surface area contributed by atoms with Crippen LogP contribution in [0.1, 0.15) is 29.2 Å². The zero-order chi connectivity index (χ0) is 10.8. The number of benzene rings is 1. The van der Waals surface area contributed by atoms with Crippen molar-refractivity contribution in [2.75, 3.05) is 13.2 Å². The second-order valence-electron chi connectivity index (χ2n) is 4.61. The molecule has 0 radical (unpaired) electrons. The third kappa shape index (κ3) is 2.21. The minimum absolute atomic E-state index is 0.300. The molecule has 2 heteroatoms. The summed E-state index contributed by atoms with van der Waals surface area (Å²) >= 11 is 0. The largest absolute Gasteiger partial charge is 0.396 e. The van der Waals surface area contributed by atoms with Gasteiger partial charge in [-0.3, -0.25) is 0 Å². The molecule has 0 bridgehead atoms. The van der Waals surface area contributed by atoms with Crippen molar-refractivity contribution in [2.45, 2.75) is 26.3 Å². The predicted octanol–water partition coefficient (Wildman–Crippen LogP) is 1.95. The maximum absolute atomic E-state index is 9.10. The molecule has 1 aliphatic rings. The number of rotatable bonds is 2. The maximum atomic E-state index is 9.10. The number of aliphatic hydroxyl groups excluding tert-OH is 1. The molecule has 82 valence electrons. The SMILES string of the molecule is Cc1ccc(C2CC(CO)CN2)c(C)c1. The fourth-order valence-corrected chi connectivity index (χ4v) is 2.40. The summed E-state index contributed by atoms with van der Waals surface area (Å²) in [5.74, 6) is 0.427. The third-order valence-corrected chi connectivity index (χ3v) is 3.28. The third-order valence-electron chi connectivity index (χ3n) is 3.28. The molecule has 2 nitrogen and oxygen atoms in total. The molecule has 0 amide bonds. The molecular formula is C13H19NO. The number of nitrogens with one attached hydrogen (secondary N) is 1. The lowest BCUT2D eigenvalue weighted by Crippen LogP contribution is -2.15. The summed E-state index contributed by atoms with van der Waals surface area (Å²) in [5, 5.41) is 12.6. The molecule has 1 aromatic carbocycles. The zero-order valence-electron chi connectivity index (χ0n) is 9.46. The minimum atomic E-state index is 0.300. The topological polar surface area (TPSA) is 32.3 Å². The highest BCUT2D eigenvalue weighted by Crippen LogP contribution is 2.29. The Bertz CT molecular complexity index is 348. The van der Waals surface area contributed by atoms with Gasteiger partial charge in [0.25, 0.3) is 0 Å². The van der Waals surface area contributed by atoms with Gasteiger partial charge in [0, 0.05) is 19.2 Å². The van der Waals surface area contributed by atoms with E-state index in [0.717, 1.165) is 13.0 Å². The molecule has 0 saturated carbocycles. The van der Waals surface area contributed by atoms with E-state index in [1.165, 1.54) is 16.7 Å². The van der Waals surface area contributed by atoms with Crippen molar-refractivity contribution in [3.8, 4) is 0 Å². The number of aryl methyl sites for hydroxylation is 2. The number of hydrogen-bond acceptors (Lipinski definition) is 2. The van der Waals surface area contributed by atoms with Crippen molar-refractivity contribution in [1.82, 2.24) is 5.32 Å². The van der Waals surface area contributed by atoms with Gasteiger partial charge in [0.1, 0.15) is 0 Å². The van der Waals surface area contributed by atoms with Crippen molar-refractivity contribution in [2.24, 2.45) is 5.92 Å². The van der Waals surface area contributed by atoms with E-state index in [0.29, 0.717) is 18.6 Å². The molecule has 2 N–H and O–H groups in total. The van der Waals surface area contributed by atoms with Crippen molar-refractivity contribution in [3.63, 3.8) is 0 Å². The average molecular weight is 205 g/mol. The number of hydrogen-bond donors (Lipinski definition) is 2. The van der Waals surface area contributed by atoms with Gasteiger partial charge in [0.05, 0.1) is 0 Å². The van der Waals surface area contributed by atoms with Crippen LogP contribution in [0.4, 0.5) is 0 Å². The maximum Gasteiger partial charge on any atom is 0.0472 e. The Morgan fingerprint density at radius 3 is 2.80 bits per heavy atom. The van der Waals surface area contributed by atoms with Crippen LogP contribution in [-0.2, 0) is 0 Å². The van der Waals surface area contributed by atoms with Crippen LogP contribution in [0.25, 0.3) is 0 Å². The van der Waals surface area contributed by atoms with Gasteiger partial charge in [-0.05, 0) is 37.3 Å². The van der Waals surface area contributed by atoms with Crippen LogP contribution in [-0.4, -0.2) is 18.3 Å². The highest BCUT2D eigenvalue weighted by Gasteiger charge is 2.25. The molecule has 2 atom stereocenters. The smallest absolute Gasteiger partial charge is 0.0472 e. The summed E-state index contributed by atoms with van der Waals surface area (Å²) in [7, 11) is 0. The lowest BCUT2D eigenvalue weighted by Gasteiger charge is -2.14. The van der Waals surface area contributed by atoms with Gasteiger partial charge in [-0.1, -0.05) is 23.8 Å². The average Bonchev–Trinajstić information content (AvgIpc) is 2.66. The van der Waals surface area contributed by atoms with Crippen molar-refractivity contribution in [1.29, 1.82) is 0 Å². The Morgan fingerprint density at radius 2 is 2.20 bits per heavy atom. The second-order valence-corrected chi connectivity index (χ2v) is 4.61. The number of aliphatic hydroxyl groups is 1. The Hall–Kier alpha value is -0.860. The lowest BCUT2D eigenvalue weighted by molar-refractivity contribution is 0.236. The molecule has 0 spiro atoms. The molecule has 15 heavy (non-hydrogen) atoms. The van der Waals surface area contributed by atoms with Gasteiger partial charge < -0.3 is 10.4 Å². The first-order valence-corrected chi connectivity index (χ1v) is 5.62. The van der Waals surface area contributed by atoms with Crippen LogP contribution in [0.2, 0.25) is 0 Å². The normalized spacial score (nSPS) is 25.8. The first-order valence-electron chi connectivity index (χ1n) is 5.62. The van der Waals surface area contributed by atoms with E-state index in [2.05, 4.69) is 37.4 Å². The van der Waals surface area contributed by atoms with E-state index in [1.54, 1.807) is 0 Å². The summed E-state index contributed by atoms with van der Waals surface area (Å²) in [6.07, 6.45) is 1.06. The van der Waals surface area contributed by atoms with Crippen LogP contribution in [0, 0.1) is 19.8 Å². The van der Waals surface area contributed by atoms with E-state index >= 15 is 0 Å². The summed E-state index contributed by atoms with van der Waals surface area (Å²) in [4.78, 5) is 0. The van der Waals surface area contributed by atoms with E-state index in [4.69, 9.17) is 5.11 Å². The van der Waals surface area contributed by atoms with E-state index in [1.807, 2.05) is 0 Å². The van der Waals surface area contributed by atoms with Gasteiger partial charge in [-0.25, -0.2) is 0 Å². The summed E-state index contributed by atoms with van der Waals surface area (Å²) in [6, 6.07) is 7.03. The first kappa shape index (κ1) is 10.7. The monoisotopic (exact) mass is 205 g/mol. The Balaban J connectivity index is 2.17. The Labute approximate surface area is 91.3 Å². The zero-order valence-corrected chi connectivity index (χ0v) is 9.46. The van der Waals surface area contributed by atoms with Crippen LogP contribution in [0.5, 0.6) is 0 Å². The quantitative estimate of drug-likeness (QED) is 0.773. The molecule has 0 aliphatic carbocycles. The molecule has 2 unspecified atom stereocenters. The van der Waals surface area contributed by atoms with Gasteiger partial charge in [0.2, 0.25) is 0 Å². The highest BCUT2D eigenvalue weighted by atomic mass is 16.3. The molecule has 1 aliphatic heterocycles. The van der Waals surface area contributed by atoms with Crippen molar-refractivity contribution in [3.05, 3.63) is 34.9 Å². The molecule has 0 aromatic heterocycles. The van der Waals surface area contributed by atoms with Crippen LogP contribution >= 0.6 is 0 Å². The van der Waals surface area contributed by atoms with E-state index in [9.17, 15) is 0 Å². The Kier molecular flexibility index (Phi) is 3.08. The predicted molar refractivity (Wildman–Crippen MR) is 61.9 cm³/mol. The lowest BCUT2D eigenvalue weighted by atomic mass is 9.96. The summed E-state index contributed by atoms with van der Waals surface area (Å²) in [6.45, 7) is 5.52. The molecule has 1 aromatic rings. The van der Waals surface area contributed by atoms with Gasteiger partial charge in [-0.2, -0.15) is 0 Å². The molecular weight excluding hydrogens is 186 g/mol. The van der Waals surface area contributed by atoms with E-state index < -0.39 is 0 Å². The second kappa shape index (κ2) is 4.33. The summed E-state index contributed by atoms with van der Waals surface area (Å²) in [5.41, 5.74) is 4.05. The van der Waals surface area contributed by atoms with Gasteiger partial charge >= 0.3 is 0 Å². The standard InChI is InChI=1S/C13H19NO/c1-9-3-4-12(10(2)5-9)13-6-11(8-15)7-14-13/h3-5,11,13-15H,6-8H2,1-2H3. The van der Waals surface area contributed by atoms with E-state index in [-0.39, 0.29) is 0 Å². The van der Waals surface area contributed by atoms with Crippen molar-refractivity contribution < 1.29 is 5.11 Å². The molecule has 2 rings (SSSR count). The minimum Gasteiger partial charge on any atom is -0.396 e. The molecule has 1 saturated heterocycles. The first-order chi connectivity index (χ1) is 7.20. The van der Waals surface area contributed by atoms with Crippen LogP contribution in [0.3, 0.4) is 0 Å². The fraction of sp³-hybridized carbons (Fsp3) is 0.538. The van der Waals surface area contributed by atoms with Crippen LogP contribution in [0.15, 0.2) is 18.2 Å². The Morgan fingerprint density at radius 1 is 1.40 bits per heavy atom. The van der Waals surface area contributed by atoms with Gasteiger partial charge in [-0.15, -0.1) is 0 Å². The molecule has 1 fully saturated rings. The fourth-order valence-electron chi connectivity index (χ4n) is 2.40. The van der Waals surface area contributed by atoms with Crippen molar-refractivity contribution >= 4 is 0 Å². The highest BCUT2D eigenvalue weighted by molar-refractivity contribution is 5.33. The molecule has 1 heterocycles. The van der Waals surface area contributed by atoms with Gasteiger partial charge in [0.15, 0.2) is 0 Å². The summed E-state index contributed by atoms with van der Waals surface area (Å²) < 4.78 is 0. The van der Waals surface area contributed by atoms with Crippen LogP contribution < -0.4 is 5.32 Å².